The molecule has 3 N–H and O–H groups in total. The first-order valence-corrected chi connectivity index (χ1v) is 11.2. The highest BCUT2D eigenvalue weighted by Gasteiger charge is 2.22. The number of hydrogen-bond donors (Lipinski definition) is 3. The Labute approximate surface area is 191 Å². The molecule has 1 aliphatic rings. The zero-order valence-electron chi connectivity index (χ0n) is 18.1. The van der Waals surface area contributed by atoms with E-state index in [1.165, 1.54) is 48.0 Å². The molecule has 32 heavy (non-hydrogen) atoms. The number of H-pyrrole nitrogens is 1. The lowest BCUT2D eigenvalue weighted by Crippen LogP contribution is -2.34. The SMILES string of the molecule is CCCn1cc(CCN2CCC(c3c[nH]c4ccc(Cl)cc34)CC2)cn1.O=C(O)C(=O)O. The predicted molar refractivity (Wildman–Crippen MR) is 123 cm³/mol. The van der Waals surface area contributed by atoms with Gasteiger partial charge >= 0.3 is 11.9 Å². The van der Waals surface area contributed by atoms with Crippen LogP contribution in [0.25, 0.3) is 10.9 Å². The second-order valence-electron chi connectivity index (χ2n) is 8.02. The van der Waals surface area contributed by atoms with Crippen LogP contribution < -0.4 is 0 Å². The minimum atomic E-state index is -1.82. The lowest BCUT2D eigenvalue weighted by atomic mass is 9.89. The number of nitrogens with one attached hydrogen (secondary N) is 1. The maximum Gasteiger partial charge on any atom is 0.414 e. The molecule has 0 saturated carbocycles. The van der Waals surface area contributed by atoms with E-state index in [2.05, 4.69) is 51.1 Å². The molecule has 172 valence electrons. The van der Waals surface area contributed by atoms with Crippen molar-refractivity contribution in [2.75, 3.05) is 19.6 Å². The molecule has 8 nitrogen and oxygen atoms in total. The number of piperidine rings is 1. The summed E-state index contributed by atoms with van der Waals surface area (Å²) in [6.07, 6.45) is 11.1. The first-order chi connectivity index (χ1) is 15.4. The fourth-order valence-electron chi connectivity index (χ4n) is 4.09. The first kappa shape index (κ1) is 23.8. The molecule has 0 atom stereocenters. The van der Waals surface area contributed by atoms with Gasteiger partial charge in [-0.05, 0) is 74.0 Å². The number of aliphatic carboxylic acids is 2. The molecule has 1 fully saturated rings. The van der Waals surface area contributed by atoms with Gasteiger partial charge in [0.1, 0.15) is 0 Å². The third-order valence-electron chi connectivity index (χ3n) is 5.74. The number of carbonyl (C=O) groups is 2. The smallest absolute Gasteiger partial charge is 0.414 e. The maximum atomic E-state index is 9.10. The van der Waals surface area contributed by atoms with E-state index in [1.807, 2.05) is 12.3 Å². The van der Waals surface area contributed by atoms with Crippen molar-refractivity contribution in [1.29, 1.82) is 0 Å². The highest BCUT2D eigenvalue weighted by Crippen LogP contribution is 2.34. The van der Waals surface area contributed by atoms with Crippen LogP contribution in [0.5, 0.6) is 0 Å². The van der Waals surface area contributed by atoms with Crippen molar-refractivity contribution in [1.82, 2.24) is 19.7 Å². The van der Waals surface area contributed by atoms with Crippen LogP contribution in [0, 0.1) is 0 Å². The summed E-state index contributed by atoms with van der Waals surface area (Å²) in [6.45, 7) is 6.67. The van der Waals surface area contributed by atoms with E-state index in [4.69, 9.17) is 31.4 Å². The lowest BCUT2D eigenvalue weighted by Gasteiger charge is -2.31. The summed E-state index contributed by atoms with van der Waals surface area (Å²) in [6, 6.07) is 6.13. The standard InChI is InChI=1S/C21H27ClN4.C2H2O4/c1-2-8-26-15-16(13-24-26)5-9-25-10-6-17(7-11-25)20-14-23-21-4-3-18(22)12-19(20)21;3-1(4)2(5)6/h3-4,12-15,17,23H,2,5-11H2,1H3;(H,3,4)(H,5,6). The molecule has 2 aromatic heterocycles. The van der Waals surface area contributed by atoms with Gasteiger partial charge < -0.3 is 20.1 Å². The molecule has 3 heterocycles. The number of carboxylic acid groups (broad SMARTS) is 2. The fourth-order valence-corrected chi connectivity index (χ4v) is 4.27. The lowest BCUT2D eigenvalue weighted by molar-refractivity contribution is -0.159. The van der Waals surface area contributed by atoms with Gasteiger partial charge in [-0.1, -0.05) is 18.5 Å². The predicted octanol–water partition coefficient (Wildman–Crippen LogP) is 4.01. The average Bonchev–Trinajstić information content (AvgIpc) is 3.40. The largest absolute Gasteiger partial charge is 0.473 e. The van der Waals surface area contributed by atoms with E-state index in [-0.39, 0.29) is 0 Å². The van der Waals surface area contributed by atoms with Crippen LogP contribution in [0.2, 0.25) is 5.02 Å². The number of fused-ring (bicyclic) bond motifs is 1. The summed E-state index contributed by atoms with van der Waals surface area (Å²) >= 11 is 6.20. The van der Waals surface area contributed by atoms with Crippen LogP contribution in [0.1, 0.15) is 43.2 Å². The minimum Gasteiger partial charge on any atom is -0.473 e. The third-order valence-corrected chi connectivity index (χ3v) is 5.98. The van der Waals surface area contributed by atoms with Gasteiger partial charge in [-0.2, -0.15) is 5.10 Å². The summed E-state index contributed by atoms with van der Waals surface area (Å²) in [4.78, 5) is 24.2. The highest BCUT2D eigenvalue weighted by atomic mass is 35.5. The van der Waals surface area contributed by atoms with Gasteiger partial charge in [0.15, 0.2) is 0 Å². The van der Waals surface area contributed by atoms with E-state index in [0.717, 1.165) is 31.0 Å². The molecule has 1 aromatic carbocycles. The van der Waals surface area contributed by atoms with E-state index >= 15 is 0 Å². The van der Waals surface area contributed by atoms with Crippen LogP contribution in [0.3, 0.4) is 0 Å². The summed E-state index contributed by atoms with van der Waals surface area (Å²) in [5, 5.41) is 21.3. The number of nitrogens with zero attached hydrogens (tertiary/aromatic N) is 3. The van der Waals surface area contributed by atoms with Crippen LogP contribution in [-0.2, 0) is 22.6 Å². The molecular weight excluding hydrogens is 432 g/mol. The number of hydrogen-bond acceptors (Lipinski definition) is 4. The Bertz CT molecular complexity index is 1040. The van der Waals surface area contributed by atoms with Crippen LogP contribution in [0.15, 0.2) is 36.8 Å². The molecule has 3 aromatic rings. The fraction of sp³-hybridized carbons (Fsp3) is 0.435. The second-order valence-corrected chi connectivity index (χ2v) is 8.46. The number of aryl methyl sites for hydroxylation is 1. The number of likely N-dealkylation sites (tertiary alicyclic amines) is 1. The van der Waals surface area contributed by atoms with Gasteiger partial charge in [0.25, 0.3) is 0 Å². The Morgan fingerprint density at radius 1 is 1.19 bits per heavy atom. The average molecular weight is 461 g/mol. The molecule has 0 amide bonds. The van der Waals surface area contributed by atoms with Gasteiger partial charge in [0.05, 0.1) is 6.20 Å². The summed E-state index contributed by atoms with van der Waals surface area (Å²) in [5.41, 5.74) is 3.98. The van der Waals surface area contributed by atoms with E-state index in [9.17, 15) is 0 Å². The van der Waals surface area contributed by atoms with Crippen LogP contribution in [-0.4, -0.2) is 61.5 Å². The second kappa shape index (κ2) is 11.2. The van der Waals surface area contributed by atoms with E-state index < -0.39 is 11.9 Å². The monoisotopic (exact) mass is 460 g/mol. The molecule has 0 radical (unpaired) electrons. The topological polar surface area (TPSA) is 111 Å². The van der Waals surface area contributed by atoms with Crippen LogP contribution >= 0.6 is 11.6 Å². The van der Waals surface area contributed by atoms with E-state index in [1.54, 1.807) is 0 Å². The zero-order chi connectivity index (χ0) is 23.1. The maximum absolute atomic E-state index is 9.10. The van der Waals surface area contributed by atoms with Crippen molar-refractivity contribution in [3.8, 4) is 0 Å². The van der Waals surface area contributed by atoms with Gasteiger partial charge in [0.2, 0.25) is 0 Å². The third kappa shape index (κ3) is 6.34. The summed E-state index contributed by atoms with van der Waals surface area (Å²) in [5.74, 6) is -3.02. The number of aromatic nitrogens is 3. The van der Waals surface area contributed by atoms with Crippen molar-refractivity contribution in [3.63, 3.8) is 0 Å². The van der Waals surface area contributed by atoms with E-state index in [0.29, 0.717) is 5.92 Å². The van der Waals surface area contributed by atoms with Crippen molar-refractivity contribution in [2.24, 2.45) is 0 Å². The molecular formula is C23H29ClN4O4. The summed E-state index contributed by atoms with van der Waals surface area (Å²) in [7, 11) is 0. The first-order valence-electron chi connectivity index (χ1n) is 10.8. The van der Waals surface area contributed by atoms with Gasteiger partial charge in [0, 0.05) is 41.4 Å². The molecule has 9 heteroatoms. The van der Waals surface area contributed by atoms with Gasteiger partial charge in [-0.3, -0.25) is 4.68 Å². The van der Waals surface area contributed by atoms with Crippen molar-refractivity contribution < 1.29 is 19.8 Å². The van der Waals surface area contributed by atoms with Gasteiger partial charge in [-0.15, -0.1) is 0 Å². The Hall–Kier alpha value is -2.84. The summed E-state index contributed by atoms with van der Waals surface area (Å²) < 4.78 is 2.06. The molecule has 0 aliphatic carbocycles. The Kier molecular flexibility index (Phi) is 8.30. The molecule has 4 rings (SSSR count). The van der Waals surface area contributed by atoms with Crippen molar-refractivity contribution in [2.45, 2.75) is 45.1 Å². The van der Waals surface area contributed by atoms with Crippen molar-refractivity contribution in [3.05, 3.63) is 52.9 Å². The number of rotatable bonds is 6. The molecule has 1 saturated heterocycles. The number of aromatic amines is 1. The quantitative estimate of drug-likeness (QED) is 0.479. The van der Waals surface area contributed by atoms with Crippen molar-refractivity contribution >= 4 is 34.4 Å². The molecule has 0 unspecified atom stereocenters. The van der Waals surface area contributed by atoms with Crippen LogP contribution in [0.4, 0.5) is 0 Å². The number of benzene rings is 1. The molecule has 1 aliphatic heterocycles. The zero-order valence-corrected chi connectivity index (χ0v) is 18.9. The Balaban J connectivity index is 0.000000427. The number of halogens is 1. The molecule has 0 bridgehead atoms. The van der Waals surface area contributed by atoms with Gasteiger partial charge in [-0.25, -0.2) is 9.59 Å². The Morgan fingerprint density at radius 3 is 2.56 bits per heavy atom. The Morgan fingerprint density at radius 2 is 1.91 bits per heavy atom. The molecule has 0 spiro atoms. The minimum absolute atomic E-state index is 0.630. The highest BCUT2D eigenvalue weighted by molar-refractivity contribution is 6.31. The number of carboxylic acids is 2. The normalized spacial score (nSPS) is 14.8.